The van der Waals surface area contributed by atoms with Gasteiger partial charge in [0, 0.05) is 6.54 Å². The van der Waals surface area contributed by atoms with Crippen molar-refractivity contribution in [3.05, 3.63) is 28.8 Å². The molecule has 0 aliphatic rings. The van der Waals surface area contributed by atoms with Gasteiger partial charge in [-0.1, -0.05) is 31.4 Å². The van der Waals surface area contributed by atoms with Crippen LogP contribution in [0.3, 0.4) is 0 Å². The van der Waals surface area contributed by atoms with Crippen molar-refractivity contribution in [1.82, 2.24) is 4.72 Å². The summed E-state index contributed by atoms with van der Waals surface area (Å²) in [5, 5.41) is 0.154. The zero-order valence-electron chi connectivity index (χ0n) is 11.5. The molecule has 20 heavy (non-hydrogen) atoms. The molecular weight excluding hydrogens is 302 g/mol. The molecule has 0 heterocycles. The highest BCUT2D eigenvalue weighted by Crippen LogP contribution is 2.21. The Balaban J connectivity index is 2.93. The third-order valence-corrected chi connectivity index (χ3v) is 4.51. The van der Waals surface area contributed by atoms with Gasteiger partial charge in [-0.15, -0.1) is 0 Å². The van der Waals surface area contributed by atoms with Crippen LogP contribution in [0.4, 0.5) is 0 Å². The standard InChI is InChI=1S/C13H18ClNO4S/c1-3-4-5-8-15-20(17,18)10-6-7-12(14)11(9-10)13(16)19-2/h6-7,9,15H,3-5,8H2,1-2H3. The van der Waals surface area contributed by atoms with Crippen LogP contribution in [0, 0.1) is 0 Å². The molecule has 0 spiro atoms. The quantitative estimate of drug-likeness (QED) is 0.619. The lowest BCUT2D eigenvalue weighted by Gasteiger charge is -2.08. The van der Waals surface area contributed by atoms with Crippen LogP contribution in [0.15, 0.2) is 23.1 Å². The Bertz CT molecular complexity index is 572. The molecular formula is C13H18ClNO4S. The van der Waals surface area contributed by atoms with E-state index < -0.39 is 16.0 Å². The topological polar surface area (TPSA) is 72.5 Å². The first-order chi connectivity index (χ1) is 9.42. The normalized spacial score (nSPS) is 11.3. The van der Waals surface area contributed by atoms with Gasteiger partial charge in [0.2, 0.25) is 10.0 Å². The van der Waals surface area contributed by atoms with Crippen LogP contribution in [-0.2, 0) is 14.8 Å². The number of hydrogen-bond acceptors (Lipinski definition) is 4. The number of ether oxygens (including phenoxy) is 1. The molecule has 0 aromatic heterocycles. The van der Waals surface area contributed by atoms with Crippen LogP contribution in [0.1, 0.15) is 36.5 Å². The smallest absolute Gasteiger partial charge is 0.339 e. The molecule has 1 rings (SSSR count). The highest BCUT2D eigenvalue weighted by atomic mass is 35.5. The lowest BCUT2D eigenvalue weighted by atomic mass is 10.2. The molecule has 5 nitrogen and oxygen atoms in total. The average Bonchev–Trinajstić information content (AvgIpc) is 2.43. The van der Waals surface area contributed by atoms with Crippen LogP contribution in [-0.4, -0.2) is 28.0 Å². The maximum Gasteiger partial charge on any atom is 0.339 e. The fraction of sp³-hybridized carbons (Fsp3) is 0.462. The maximum absolute atomic E-state index is 12.1. The zero-order valence-corrected chi connectivity index (χ0v) is 13.1. The molecule has 0 atom stereocenters. The minimum absolute atomic E-state index is 0.00111. The van der Waals surface area contributed by atoms with Crippen LogP contribution >= 0.6 is 11.6 Å². The molecule has 0 aliphatic heterocycles. The van der Waals surface area contributed by atoms with E-state index in [1.165, 1.54) is 25.3 Å². The first-order valence-electron chi connectivity index (χ1n) is 6.30. The van der Waals surface area contributed by atoms with Crippen molar-refractivity contribution in [2.75, 3.05) is 13.7 Å². The number of carbonyl (C=O) groups excluding carboxylic acids is 1. The molecule has 0 saturated carbocycles. The first kappa shape index (κ1) is 16.9. The third kappa shape index (κ3) is 4.47. The number of esters is 1. The zero-order chi connectivity index (χ0) is 15.2. The van der Waals surface area contributed by atoms with Gasteiger partial charge in [-0.2, -0.15) is 0 Å². The van der Waals surface area contributed by atoms with Gasteiger partial charge in [0.15, 0.2) is 0 Å². The van der Waals surface area contributed by atoms with Crippen LogP contribution in [0.25, 0.3) is 0 Å². The lowest BCUT2D eigenvalue weighted by molar-refractivity contribution is 0.0600. The fourth-order valence-electron chi connectivity index (χ4n) is 1.60. The largest absolute Gasteiger partial charge is 0.465 e. The number of nitrogens with one attached hydrogen (secondary N) is 1. The van der Waals surface area contributed by atoms with Crippen molar-refractivity contribution >= 4 is 27.6 Å². The van der Waals surface area contributed by atoms with Crippen molar-refractivity contribution in [3.63, 3.8) is 0 Å². The molecule has 0 fully saturated rings. The number of rotatable bonds is 7. The molecule has 1 aromatic rings. The highest BCUT2D eigenvalue weighted by molar-refractivity contribution is 7.89. The summed E-state index contributed by atoms with van der Waals surface area (Å²) in [5.74, 6) is -0.668. The third-order valence-electron chi connectivity index (χ3n) is 2.73. The van der Waals surface area contributed by atoms with E-state index >= 15 is 0 Å². The predicted octanol–water partition coefficient (Wildman–Crippen LogP) is 2.60. The summed E-state index contributed by atoms with van der Waals surface area (Å²) in [5.41, 5.74) is 0.0330. The number of unbranched alkanes of at least 4 members (excludes halogenated alkanes) is 2. The summed E-state index contributed by atoms with van der Waals surface area (Å²) in [7, 11) is -2.43. The number of hydrogen-bond donors (Lipinski definition) is 1. The number of carbonyl (C=O) groups is 1. The number of methoxy groups -OCH3 is 1. The predicted molar refractivity (Wildman–Crippen MR) is 77.5 cm³/mol. The Morgan fingerprint density at radius 2 is 2.05 bits per heavy atom. The van der Waals surface area contributed by atoms with Gasteiger partial charge in [0.05, 0.1) is 22.6 Å². The van der Waals surface area contributed by atoms with Gasteiger partial charge in [-0.3, -0.25) is 0 Å². The average molecular weight is 320 g/mol. The lowest BCUT2D eigenvalue weighted by Crippen LogP contribution is -2.25. The molecule has 1 N–H and O–H groups in total. The van der Waals surface area contributed by atoms with Crippen molar-refractivity contribution in [3.8, 4) is 0 Å². The number of sulfonamides is 1. The Hall–Kier alpha value is -1.11. The SMILES string of the molecule is CCCCCNS(=O)(=O)c1ccc(Cl)c(C(=O)OC)c1. The summed E-state index contributed by atoms with van der Waals surface area (Å²) < 4.78 is 31.2. The van der Waals surface area contributed by atoms with E-state index in [0.717, 1.165) is 19.3 Å². The fourth-order valence-corrected chi connectivity index (χ4v) is 2.90. The van der Waals surface area contributed by atoms with Crippen molar-refractivity contribution in [1.29, 1.82) is 0 Å². The minimum Gasteiger partial charge on any atom is -0.465 e. The van der Waals surface area contributed by atoms with Crippen LogP contribution < -0.4 is 4.72 Å². The molecule has 0 aliphatic carbocycles. The highest BCUT2D eigenvalue weighted by Gasteiger charge is 2.18. The van der Waals surface area contributed by atoms with E-state index in [2.05, 4.69) is 9.46 Å². The van der Waals surface area contributed by atoms with Gasteiger partial charge < -0.3 is 4.74 Å². The Morgan fingerprint density at radius 1 is 1.35 bits per heavy atom. The van der Waals surface area contributed by atoms with Crippen LogP contribution in [0.5, 0.6) is 0 Å². The summed E-state index contributed by atoms with van der Waals surface area (Å²) in [6.07, 6.45) is 2.74. The Morgan fingerprint density at radius 3 is 2.65 bits per heavy atom. The molecule has 0 bridgehead atoms. The van der Waals surface area contributed by atoms with E-state index in [4.69, 9.17) is 11.6 Å². The van der Waals surface area contributed by atoms with Crippen LogP contribution in [0.2, 0.25) is 5.02 Å². The summed E-state index contributed by atoms with van der Waals surface area (Å²) in [6.45, 7) is 2.41. The van der Waals surface area contributed by atoms with Gasteiger partial charge in [0.25, 0.3) is 0 Å². The molecule has 7 heteroatoms. The maximum atomic E-state index is 12.1. The molecule has 112 valence electrons. The minimum atomic E-state index is -3.64. The van der Waals surface area contributed by atoms with Gasteiger partial charge >= 0.3 is 5.97 Å². The number of benzene rings is 1. The summed E-state index contributed by atoms with van der Waals surface area (Å²) >= 11 is 5.85. The summed E-state index contributed by atoms with van der Waals surface area (Å²) in [6, 6.07) is 3.95. The van der Waals surface area contributed by atoms with Gasteiger partial charge in [-0.25, -0.2) is 17.9 Å². The van der Waals surface area contributed by atoms with Crippen molar-refractivity contribution in [2.45, 2.75) is 31.1 Å². The molecule has 0 amide bonds. The number of halogens is 1. The van der Waals surface area contributed by atoms with E-state index in [0.29, 0.717) is 6.54 Å². The monoisotopic (exact) mass is 319 g/mol. The first-order valence-corrected chi connectivity index (χ1v) is 8.16. The Kier molecular flexibility index (Phi) is 6.45. The molecule has 0 radical (unpaired) electrons. The second-order valence-electron chi connectivity index (χ2n) is 4.24. The van der Waals surface area contributed by atoms with E-state index in [1.54, 1.807) is 0 Å². The van der Waals surface area contributed by atoms with Gasteiger partial charge in [-0.05, 0) is 24.6 Å². The second-order valence-corrected chi connectivity index (χ2v) is 6.41. The van der Waals surface area contributed by atoms with E-state index in [1.807, 2.05) is 6.92 Å². The van der Waals surface area contributed by atoms with Crippen molar-refractivity contribution < 1.29 is 17.9 Å². The van der Waals surface area contributed by atoms with E-state index in [9.17, 15) is 13.2 Å². The Labute approximate surface area is 124 Å². The molecule has 0 unspecified atom stereocenters. The van der Waals surface area contributed by atoms with Gasteiger partial charge in [0.1, 0.15) is 0 Å². The second kappa shape index (κ2) is 7.61. The molecule has 1 aromatic carbocycles. The van der Waals surface area contributed by atoms with E-state index in [-0.39, 0.29) is 15.5 Å². The van der Waals surface area contributed by atoms with Crippen molar-refractivity contribution in [2.24, 2.45) is 0 Å². The summed E-state index contributed by atoms with van der Waals surface area (Å²) in [4.78, 5) is 11.5. The molecule has 0 saturated heterocycles.